The van der Waals surface area contributed by atoms with E-state index >= 15 is 0 Å². The summed E-state index contributed by atoms with van der Waals surface area (Å²) in [6, 6.07) is 13.3. The summed E-state index contributed by atoms with van der Waals surface area (Å²) in [4.78, 5) is 26.9. The molecule has 2 amide bonds. The average Bonchev–Trinajstić information content (AvgIpc) is 3.19. The summed E-state index contributed by atoms with van der Waals surface area (Å²) in [5, 5.41) is 2.86. The van der Waals surface area contributed by atoms with Gasteiger partial charge in [0.2, 0.25) is 15.9 Å². The van der Waals surface area contributed by atoms with Crippen LogP contribution in [0.25, 0.3) is 0 Å². The Hall–Kier alpha value is -2.91. The maximum absolute atomic E-state index is 12.6. The molecule has 1 saturated heterocycles. The standard InChI is InChI=1S/C24H31N3O5S/c1-4-26(5-2)33(30,31)22-13-7-19(8-14-22)24(29)25-16-18-15-23(28)27(17-18)20-9-11-21(12-10-20)32-6-3/h7-14,18H,4-6,15-17H2,1-3H3,(H,25,29). The van der Waals surface area contributed by atoms with Gasteiger partial charge in [-0.1, -0.05) is 13.8 Å². The largest absolute Gasteiger partial charge is 0.494 e. The second-order valence-electron chi connectivity index (χ2n) is 7.83. The molecule has 1 N–H and O–H groups in total. The van der Waals surface area contributed by atoms with Crippen molar-refractivity contribution in [2.24, 2.45) is 5.92 Å². The van der Waals surface area contributed by atoms with Crippen LogP contribution in [0, 0.1) is 5.92 Å². The molecule has 1 unspecified atom stereocenters. The van der Waals surface area contributed by atoms with Crippen LogP contribution >= 0.6 is 0 Å². The number of sulfonamides is 1. The first-order valence-electron chi connectivity index (χ1n) is 11.2. The fourth-order valence-corrected chi connectivity index (χ4v) is 5.34. The number of benzene rings is 2. The minimum Gasteiger partial charge on any atom is -0.494 e. The molecule has 0 aliphatic carbocycles. The highest BCUT2D eigenvalue weighted by Gasteiger charge is 2.31. The van der Waals surface area contributed by atoms with Gasteiger partial charge in [-0.3, -0.25) is 9.59 Å². The van der Waals surface area contributed by atoms with Gasteiger partial charge in [-0.15, -0.1) is 0 Å². The smallest absolute Gasteiger partial charge is 0.251 e. The first-order valence-corrected chi connectivity index (χ1v) is 12.7. The lowest BCUT2D eigenvalue weighted by molar-refractivity contribution is -0.117. The van der Waals surface area contributed by atoms with E-state index in [0.717, 1.165) is 11.4 Å². The van der Waals surface area contributed by atoms with Crippen molar-refractivity contribution in [1.29, 1.82) is 0 Å². The van der Waals surface area contributed by atoms with Crippen LogP contribution in [0.4, 0.5) is 5.69 Å². The molecule has 0 saturated carbocycles. The Kier molecular flexibility index (Phi) is 8.10. The summed E-state index contributed by atoms with van der Waals surface area (Å²) in [7, 11) is -3.56. The fraction of sp³-hybridized carbons (Fsp3) is 0.417. The lowest BCUT2D eigenvalue weighted by Gasteiger charge is -2.18. The third kappa shape index (κ3) is 5.72. The van der Waals surface area contributed by atoms with E-state index in [1.165, 1.54) is 28.6 Å². The number of rotatable bonds is 10. The average molecular weight is 474 g/mol. The molecule has 1 heterocycles. The Labute approximate surface area is 195 Å². The van der Waals surface area contributed by atoms with Crippen LogP contribution in [0.5, 0.6) is 5.75 Å². The van der Waals surface area contributed by atoms with Crippen LogP contribution in [-0.2, 0) is 14.8 Å². The first-order chi connectivity index (χ1) is 15.8. The number of ether oxygens (including phenoxy) is 1. The Morgan fingerprint density at radius 2 is 1.70 bits per heavy atom. The van der Waals surface area contributed by atoms with Crippen molar-refractivity contribution in [3.8, 4) is 5.75 Å². The van der Waals surface area contributed by atoms with Crippen molar-refractivity contribution in [2.75, 3.05) is 37.7 Å². The summed E-state index contributed by atoms with van der Waals surface area (Å²) in [5.74, 6) is 0.473. The molecule has 33 heavy (non-hydrogen) atoms. The predicted octanol–water partition coefficient (Wildman–Crippen LogP) is 2.90. The number of hydrogen-bond acceptors (Lipinski definition) is 5. The zero-order chi connectivity index (χ0) is 24.0. The van der Waals surface area contributed by atoms with Crippen molar-refractivity contribution in [2.45, 2.75) is 32.1 Å². The second-order valence-corrected chi connectivity index (χ2v) is 9.76. The van der Waals surface area contributed by atoms with Gasteiger partial charge in [0.25, 0.3) is 5.91 Å². The lowest BCUT2D eigenvalue weighted by Crippen LogP contribution is -2.32. The third-order valence-electron chi connectivity index (χ3n) is 5.68. The highest BCUT2D eigenvalue weighted by Crippen LogP contribution is 2.26. The Bertz CT molecular complexity index is 1060. The Morgan fingerprint density at radius 3 is 2.27 bits per heavy atom. The van der Waals surface area contributed by atoms with E-state index in [9.17, 15) is 18.0 Å². The van der Waals surface area contributed by atoms with Gasteiger partial charge in [0.15, 0.2) is 0 Å². The molecule has 2 aromatic carbocycles. The van der Waals surface area contributed by atoms with Crippen LogP contribution in [0.15, 0.2) is 53.4 Å². The summed E-state index contributed by atoms with van der Waals surface area (Å²) in [6.45, 7) is 7.72. The van der Waals surface area contributed by atoms with Gasteiger partial charge in [-0.05, 0) is 55.5 Å². The van der Waals surface area contributed by atoms with Crippen molar-refractivity contribution in [1.82, 2.24) is 9.62 Å². The van der Waals surface area contributed by atoms with Gasteiger partial charge >= 0.3 is 0 Å². The third-order valence-corrected chi connectivity index (χ3v) is 7.74. The predicted molar refractivity (Wildman–Crippen MR) is 127 cm³/mol. The van der Waals surface area contributed by atoms with Crippen LogP contribution in [0.2, 0.25) is 0 Å². The summed E-state index contributed by atoms with van der Waals surface area (Å²) in [5.41, 5.74) is 1.18. The Morgan fingerprint density at radius 1 is 1.06 bits per heavy atom. The topological polar surface area (TPSA) is 96.0 Å². The lowest BCUT2D eigenvalue weighted by atomic mass is 10.1. The van der Waals surface area contributed by atoms with Crippen LogP contribution < -0.4 is 15.0 Å². The van der Waals surface area contributed by atoms with Gasteiger partial charge in [0, 0.05) is 49.8 Å². The van der Waals surface area contributed by atoms with E-state index in [0.29, 0.717) is 44.8 Å². The van der Waals surface area contributed by atoms with Gasteiger partial charge < -0.3 is 15.0 Å². The van der Waals surface area contributed by atoms with Crippen LogP contribution in [0.3, 0.4) is 0 Å². The number of nitrogens with one attached hydrogen (secondary N) is 1. The van der Waals surface area contributed by atoms with E-state index in [-0.39, 0.29) is 22.6 Å². The quantitative estimate of drug-likeness (QED) is 0.572. The number of anilines is 1. The van der Waals surface area contributed by atoms with E-state index < -0.39 is 10.0 Å². The summed E-state index contributed by atoms with van der Waals surface area (Å²) >= 11 is 0. The molecule has 0 radical (unpaired) electrons. The van der Waals surface area contributed by atoms with E-state index in [4.69, 9.17) is 4.74 Å². The molecular weight excluding hydrogens is 442 g/mol. The fourth-order valence-electron chi connectivity index (χ4n) is 3.89. The molecule has 178 valence electrons. The summed E-state index contributed by atoms with van der Waals surface area (Å²) in [6.07, 6.45) is 0.356. The zero-order valence-corrected chi connectivity index (χ0v) is 20.1. The van der Waals surface area contributed by atoms with E-state index in [1.807, 2.05) is 31.2 Å². The van der Waals surface area contributed by atoms with Crippen molar-refractivity contribution in [3.63, 3.8) is 0 Å². The number of amides is 2. The molecule has 2 aromatic rings. The molecule has 0 aromatic heterocycles. The van der Waals surface area contributed by atoms with Crippen LogP contribution in [0.1, 0.15) is 37.6 Å². The maximum Gasteiger partial charge on any atom is 0.251 e. The SMILES string of the molecule is CCOc1ccc(N2CC(CNC(=O)c3ccc(S(=O)(=O)N(CC)CC)cc3)CC2=O)cc1. The van der Waals surface area contributed by atoms with Gasteiger partial charge in [0.05, 0.1) is 11.5 Å². The van der Waals surface area contributed by atoms with Gasteiger partial charge in [-0.2, -0.15) is 4.31 Å². The second kappa shape index (κ2) is 10.8. The summed E-state index contributed by atoms with van der Waals surface area (Å²) < 4.78 is 32.0. The maximum atomic E-state index is 12.6. The van der Waals surface area contributed by atoms with Crippen molar-refractivity contribution < 1.29 is 22.7 Å². The molecule has 0 spiro atoms. The molecule has 9 heteroatoms. The molecule has 1 atom stereocenters. The molecule has 1 fully saturated rings. The first kappa shape index (κ1) is 24.7. The number of carbonyl (C=O) groups is 2. The minimum atomic E-state index is -3.56. The van der Waals surface area contributed by atoms with Crippen molar-refractivity contribution >= 4 is 27.5 Å². The van der Waals surface area contributed by atoms with E-state index in [1.54, 1.807) is 18.7 Å². The number of carbonyl (C=O) groups excluding carboxylic acids is 2. The van der Waals surface area contributed by atoms with E-state index in [2.05, 4.69) is 5.32 Å². The molecule has 1 aliphatic heterocycles. The van der Waals surface area contributed by atoms with Gasteiger partial charge in [0.1, 0.15) is 5.75 Å². The molecule has 8 nitrogen and oxygen atoms in total. The Balaban J connectivity index is 1.57. The molecule has 1 aliphatic rings. The van der Waals surface area contributed by atoms with Crippen LogP contribution in [-0.4, -0.2) is 57.3 Å². The highest BCUT2D eigenvalue weighted by molar-refractivity contribution is 7.89. The monoisotopic (exact) mass is 473 g/mol. The van der Waals surface area contributed by atoms with Gasteiger partial charge in [-0.25, -0.2) is 8.42 Å². The van der Waals surface area contributed by atoms with Crippen molar-refractivity contribution in [3.05, 3.63) is 54.1 Å². The number of hydrogen-bond donors (Lipinski definition) is 1. The molecule has 3 rings (SSSR count). The zero-order valence-electron chi connectivity index (χ0n) is 19.3. The molecular formula is C24H31N3O5S. The minimum absolute atomic E-state index is 0.00432. The highest BCUT2D eigenvalue weighted by atomic mass is 32.2. The normalized spacial score (nSPS) is 16.3. The molecule has 0 bridgehead atoms. The number of nitrogens with zero attached hydrogens (tertiary/aromatic N) is 2.